The van der Waals surface area contributed by atoms with Crippen molar-refractivity contribution in [3.63, 3.8) is 0 Å². The molecule has 1 fully saturated rings. The zero-order chi connectivity index (χ0) is 14.4. The highest BCUT2D eigenvalue weighted by Crippen LogP contribution is 2.20. The molecule has 0 aromatic heterocycles. The molecule has 1 saturated heterocycles. The van der Waals surface area contributed by atoms with Crippen molar-refractivity contribution in [3.8, 4) is 0 Å². The number of anilines is 1. The van der Waals surface area contributed by atoms with E-state index in [1.54, 1.807) is 4.90 Å². The van der Waals surface area contributed by atoms with Gasteiger partial charge < -0.3 is 15.4 Å². The third-order valence-electron chi connectivity index (χ3n) is 3.37. The Hall–Kier alpha value is -1.46. The summed E-state index contributed by atoms with van der Waals surface area (Å²) in [6.07, 6.45) is 3.03. The van der Waals surface area contributed by atoms with Crippen LogP contribution in [-0.4, -0.2) is 30.2 Å². The van der Waals surface area contributed by atoms with E-state index in [1.807, 2.05) is 30.3 Å². The summed E-state index contributed by atoms with van der Waals surface area (Å²) in [7, 11) is 0. The first kappa shape index (κ1) is 14.9. The first-order chi connectivity index (χ1) is 9.68. The van der Waals surface area contributed by atoms with Crippen LogP contribution in [0.5, 0.6) is 0 Å². The molecular weight excluding hydrogens is 272 g/mol. The summed E-state index contributed by atoms with van der Waals surface area (Å²) >= 11 is 4.92. The van der Waals surface area contributed by atoms with Crippen molar-refractivity contribution < 1.29 is 9.53 Å². The van der Waals surface area contributed by atoms with E-state index in [4.69, 9.17) is 22.7 Å². The molecule has 20 heavy (non-hydrogen) atoms. The van der Waals surface area contributed by atoms with Crippen LogP contribution in [0.1, 0.15) is 25.7 Å². The van der Waals surface area contributed by atoms with Crippen molar-refractivity contribution in [1.82, 2.24) is 0 Å². The number of nitrogens with two attached hydrogens (primary N) is 1. The number of nitrogens with zero attached hydrogens (tertiary/aromatic N) is 1. The SMILES string of the molecule is NC(=S)CCN(C(=O)C1CCCCO1)c1ccccc1. The van der Waals surface area contributed by atoms with Gasteiger partial charge in [0.05, 0.1) is 4.99 Å². The first-order valence-corrected chi connectivity index (χ1v) is 7.35. The molecule has 0 saturated carbocycles. The average Bonchev–Trinajstić information content (AvgIpc) is 2.49. The zero-order valence-corrected chi connectivity index (χ0v) is 12.3. The quantitative estimate of drug-likeness (QED) is 0.846. The monoisotopic (exact) mass is 292 g/mol. The van der Waals surface area contributed by atoms with Gasteiger partial charge in [0.15, 0.2) is 0 Å². The molecular formula is C15H20N2O2S. The molecule has 1 aromatic carbocycles. The van der Waals surface area contributed by atoms with Gasteiger partial charge in [0.2, 0.25) is 0 Å². The molecule has 0 radical (unpaired) electrons. The molecule has 0 bridgehead atoms. The average molecular weight is 292 g/mol. The molecule has 108 valence electrons. The Morgan fingerprint density at radius 3 is 2.70 bits per heavy atom. The minimum absolute atomic E-state index is 0.00662. The fourth-order valence-electron chi connectivity index (χ4n) is 2.31. The van der Waals surface area contributed by atoms with E-state index in [9.17, 15) is 4.79 Å². The number of hydrogen-bond acceptors (Lipinski definition) is 3. The zero-order valence-electron chi connectivity index (χ0n) is 11.5. The Morgan fingerprint density at radius 2 is 2.10 bits per heavy atom. The van der Waals surface area contributed by atoms with Gasteiger partial charge in [0.25, 0.3) is 5.91 Å². The second-order valence-electron chi connectivity index (χ2n) is 4.90. The lowest BCUT2D eigenvalue weighted by atomic mass is 10.1. The molecule has 1 heterocycles. The molecule has 2 rings (SSSR count). The highest BCUT2D eigenvalue weighted by molar-refractivity contribution is 7.80. The Labute approximate surface area is 124 Å². The lowest BCUT2D eigenvalue weighted by Crippen LogP contribution is -2.43. The molecule has 0 aliphatic carbocycles. The Morgan fingerprint density at radius 1 is 1.35 bits per heavy atom. The van der Waals surface area contributed by atoms with Crippen molar-refractivity contribution in [2.24, 2.45) is 5.73 Å². The molecule has 1 aromatic rings. The molecule has 2 N–H and O–H groups in total. The van der Waals surface area contributed by atoms with Crippen molar-refractivity contribution in [2.45, 2.75) is 31.8 Å². The summed E-state index contributed by atoms with van der Waals surface area (Å²) in [5, 5.41) is 0. The molecule has 5 heteroatoms. The standard InChI is InChI=1S/C15H20N2O2S/c16-14(20)9-10-17(12-6-2-1-3-7-12)15(18)13-8-4-5-11-19-13/h1-3,6-7,13H,4-5,8-11H2,(H2,16,20). The van der Waals surface area contributed by atoms with Gasteiger partial charge in [0.1, 0.15) is 6.10 Å². The largest absolute Gasteiger partial charge is 0.393 e. The van der Waals surface area contributed by atoms with Crippen LogP contribution in [0.2, 0.25) is 0 Å². The maximum atomic E-state index is 12.6. The Bertz CT molecular complexity index is 458. The normalized spacial score (nSPS) is 18.5. The number of rotatable bonds is 5. The maximum absolute atomic E-state index is 12.6. The van der Waals surface area contributed by atoms with Crippen molar-refractivity contribution in [3.05, 3.63) is 30.3 Å². The summed E-state index contributed by atoms with van der Waals surface area (Å²) in [5.41, 5.74) is 6.42. The summed E-state index contributed by atoms with van der Waals surface area (Å²) < 4.78 is 5.59. The van der Waals surface area contributed by atoms with Gasteiger partial charge in [-0.05, 0) is 31.4 Å². The van der Waals surface area contributed by atoms with Crippen molar-refractivity contribution >= 4 is 28.8 Å². The van der Waals surface area contributed by atoms with Crippen molar-refractivity contribution in [1.29, 1.82) is 0 Å². The number of para-hydroxylation sites is 1. The lowest BCUT2D eigenvalue weighted by molar-refractivity contribution is -0.132. The van der Waals surface area contributed by atoms with Gasteiger partial charge in [-0.15, -0.1) is 0 Å². The van der Waals surface area contributed by atoms with Crippen LogP contribution < -0.4 is 10.6 Å². The van der Waals surface area contributed by atoms with Crippen LogP contribution in [0.25, 0.3) is 0 Å². The van der Waals surface area contributed by atoms with E-state index < -0.39 is 0 Å². The fourth-order valence-corrected chi connectivity index (χ4v) is 2.40. The van der Waals surface area contributed by atoms with Crippen LogP contribution in [-0.2, 0) is 9.53 Å². The predicted molar refractivity (Wildman–Crippen MR) is 83.8 cm³/mol. The van der Waals surface area contributed by atoms with Gasteiger partial charge in [-0.3, -0.25) is 4.79 Å². The summed E-state index contributed by atoms with van der Waals surface area (Å²) in [5.74, 6) is 0.00662. The molecule has 1 atom stereocenters. The van der Waals surface area contributed by atoms with E-state index in [-0.39, 0.29) is 12.0 Å². The van der Waals surface area contributed by atoms with Crippen LogP contribution >= 0.6 is 12.2 Å². The summed E-state index contributed by atoms with van der Waals surface area (Å²) in [6, 6.07) is 9.59. The Balaban J connectivity index is 2.12. The molecule has 1 unspecified atom stereocenters. The van der Waals surface area contributed by atoms with Gasteiger partial charge >= 0.3 is 0 Å². The number of amides is 1. The minimum atomic E-state index is -0.338. The van der Waals surface area contributed by atoms with Crippen LogP contribution in [0.15, 0.2) is 30.3 Å². The van der Waals surface area contributed by atoms with E-state index in [0.717, 1.165) is 24.9 Å². The van der Waals surface area contributed by atoms with Gasteiger partial charge in [-0.25, -0.2) is 0 Å². The second-order valence-corrected chi connectivity index (χ2v) is 5.42. The number of thiocarbonyl (C=S) groups is 1. The first-order valence-electron chi connectivity index (χ1n) is 6.95. The van der Waals surface area contributed by atoms with Crippen molar-refractivity contribution in [2.75, 3.05) is 18.1 Å². The van der Waals surface area contributed by atoms with E-state index in [2.05, 4.69) is 0 Å². The molecule has 1 aliphatic rings. The number of carbonyl (C=O) groups excluding carboxylic acids is 1. The lowest BCUT2D eigenvalue weighted by Gasteiger charge is -2.29. The van der Waals surface area contributed by atoms with Crippen LogP contribution in [0.4, 0.5) is 5.69 Å². The molecule has 0 spiro atoms. The van der Waals surface area contributed by atoms with E-state index in [0.29, 0.717) is 24.6 Å². The number of benzene rings is 1. The molecule has 4 nitrogen and oxygen atoms in total. The van der Waals surface area contributed by atoms with E-state index in [1.165, 1.54) is 0 Å². The number of carbonyl (C=O) groups is 1. The minimum Gasteiger partial charge on any atom is -0.393 e. The molecule has 1 aliphatic heterocycles. The number of hydrogen-bond donors (Lipinski definition) is 1. The van der Waals surface area contributed by atoms with Crippen LogP contribution in [0, 0.1) is 0 Å². The van der Waals surface area contributed by atoms with Crippen LogP contribution in [0.3, 0.4) is 0 Å². The highest BCUT2D eigenvalue weighted by Gasteiger charge is 2.27. The van der Waals surface area contributed by atoms with Gasteiger partial charge in [-0.1, -0.05) is 30.4 Å². The van der Waals surface area contributed by atoms with Gasteiger partial charge in [-0.2, -0.15) is 0 Å². The second kappa shape index (κ2) is 7.36. The third-order valence-corrected chi connectivity index (χ3v) is 3.57. The maximum Gasteiger partial charge on any atom is 0.256 e. The summed E-state index contributed by atoms with van der Waals surface area (Å²) in [6.45, 7) is 1.16. The highest BCUT2D eigenvalue weighted by atomic mass is 32.1. The topological polar surface area (TPSA) is 55.6 Å². The predicted octanol–water partition coefficient (Wildman–Crippen LogP) is 2.26. The summed E-state index contributed by atoms with van der Waals surface area (Å²) in [4.78, 5) is 14.8. The van der Waals surface area contributed by atoms with E-state index >= 15 is 0 Å². The Kier molecular flexibility index (Phi) is 5.49. The number of ether oxygens (including phenoxy) is 1. The smallest absolute Gasteiger partial charge is 0.256 e. The molecule has 1 amide bonds. The third kappa shape index (κ3) is 4.02. The van der Waals surface area contributed by atoms with Gasteiger partial charge in [0, 0.05) is 25.3 Å². The fraction of sp³-hybridized carbons (Fsp3) is 0.467.